The molecule has 10 nitrogen and oxygen atoms in total. The van der Waals surface area contributed by atoms with Crippen molar-refractivity contribution in [2.45, 2.75) is 105 Å². The van der Waals surface area contributed by atoms with Crippen molar-refractivity contribution in [1.82, 2.24) is 19.1 Å². The minimum atomic E-state index is -0.709. The van der Waals surface area contributed by atoms with Crippen LogP contribution in [0.1, 0.15) is 94.2 Å². The zero-order valence-corrected chi connectivity index (χ0v) is 35.6. The number of phenols is 2. The van der Waals surface area contributed by atoms with Gasteiger partial charge in [-0.05, 0) is 136 Å². The number of aromatic nitrogens is 4. The van der Waals surface area contributed by atoms with Crippen LogP contribution >= 0.6 is 0 Å². The van der Waals surface area contributed by atoms with Crippen LogP contribution in [0, 0.1) is 0 Å². The highest BCUT2D eigenvalue weighted by Gasteiger charge is 2.27. The summed E-state index contributed by atoms with van der Waals surface area (Å²) in [6.45, 7) is 23.4. The van der Waals surface area contributed by atoms with Crippen LogP contribution in [-0.2, 0) is 20.3 Å². The second-order valence-corrected chi connectivity index (χ2v) is 18.6. The summed E-state index contributed by atoms with van der Waals surface area (Å²) in [6, 6.07) is 25.8. The minimum absolute atomic E-state index is 0.0320. The predicted octanol–water partition coefficient (Wildman–Crippen LogP) is 12.0. The summed E-state index contributed by atoms with van der Waals surface area (Å²) in [4.78, 5) is 36.5. The van der Waals surface area contributed by atoms with Gasteiger partial charge in [-0.3, -0.25) is 9.13 Å². The van der Waals surface area contributed by atoms with Crippen molar-refractivity contribution in [1.29, 1.82) is 0 Å². The minimum Gasteiger partial charge on any atom is -0.507 e. The first-order chi connectivity index (χ1) is 26.9. The van der Waals surface area contributed by atoms with E-state index in [2.05, 4.69) is 41.5 Å². The Morgan fingerprint density at radius 1 is 0.483 bits per heavy atom. The number of phenolic OH excluding ortho intramolecular Hbond substituents is 2. The highest BCUT2D eigenvalue weighted by Crippen LogP contribution is 2.44. The number of hydrogen-bond acceptors (Lipinski definition) is 8. The maximum atomic E-state index is 13.3. The zero-order chi connectivity index (χ0) is 42.5. The summed E-state index contributed by atoms with van der Waals surface area (Å²) in [7, 11) is 0. The zero-order valence-electron chi connectivity index (χ0n) is 35.6. The van der Waals surface area contributed by atoms with Crippen LogP contribution in [0.5, 0.6) is 11.5 Å². The smallest absolute Gasteiger partial charge is 0.418 e. The van der Waals surface area contributed by atoms with E-state index in [1.54, 1.807) is 36.7 Å². The van der Waals surface area contributed by atoms with Crippen LogP contribution in [0.3, 0.4) is 0 Å². The van der Waals surface area contributed by atoms with E-state index in [4.69, 9.17) is 19.4 Å². The number of pyridine rings is 2. The normalized spacial score (nSPS) is 12.4. The molecule has 10 heteroatoms. The van der Waals surface area contributed by atoms with Crippen molar-refractivity contribution in [2.75, 3.05) is 0 Å². The highest BCUT2D eigenvalue weighted by atomic mass is 16.6. The molecule has 302 valence electrons. The van der Waals surface area contributed by atoms with Gasteiger partial charge in [0.1, 0.15) is 22.7 Å². The number of hydrogen-bond donors (Lipinski definition) is 2. The van der Waals surface area contributed by atoms with Crippen LogP contribution in [0.4, 0.5) is 9.59 Å². The Morgan fingerprint density at radius 3 is 1.14 bits per heavy atom. The summed E-state index contributed by atoms with van der Waals surface area (Å²) >= 11 is 0. The van der Waals surface area contributed by atoms with Gasteiger partial charge in [0.2, 0.25) is 0 Å². The summed E-state index contributed by atoms with van der Waals surface area (Å²) in [6.07, 6.45) is 2.15. The van der Waals surface area contributed by atoms with Gasteiger partial charge in [-0.1, -0.05) is 53.7 Å². The van der Waals surface area contributed by atoms with Crippen molar-refractivity contribution in [3.63, 3.8) is 0 Å². The monoisotopic (exact) mass is 782 g/mol. The molecule has 4 aromatic heterocycles. The third-order valence-corrected chi connectivity index (χ3v) is 9.49. The molecule has 0 spiro atoms. The molecule has 6 rings (SSSR count). The Kier molecular flexibility index (Phi) is 10.7. The Hall–Kier alpha value is -6.16. The fourth-order valence-corrected chi connectivity index (χ4v) is 6.51. The van der Waals surface area contributed by atoms with Crippen LogP contribution in [-0.4, -0.2) is 52.7 Å². The number of ether oxygens (including phenoxy) is 2. The van der Waals surface area contributed by atoms with Gasteiger partial charge < -0.3 is 19.7 Å². The largest absolute Gasteiger partial charge is 0.507 e. The third-order valence-electron chi connectivity index (χ3n) is 9.49. The molecular weight excluding hydrogens is 729 g/mol. The lowest BCUT2D eigenvalue weighted by atomic mass is 9.83. The molecule has 0 saturated carbocycles. The Balaban J connectivity index is 1.46. The Morgan fingerprint density at radius 2 is 0.810 bits per heavy atom. The molecule has 0 aliphatic heterocycles. The molecule has 0 fully saturated rings. The number of nitrogens with zero attached hydrogens (tertiary/aromatic N) is 4. The first kappa shape index (κ1) is 41.5. The number of benzene rings is 2. The summed E-state index contributed by atoms with van der Waals surface area (Å²) in [5, 5.41) is 23.9. The fraction of sp³-hybridized carbons (Fsp3) is 0.333. The van der Waals surface area contributed by atoms with Crippen LogP contribution < -0.4 is 0 Å². The average Bonchev–Trinajstić information content (AvgIpc) is 3.81. The van der Waals surface area contributed by atoms with E-state index >= 15 is 0 Å². The fourth-order valence-electron chi connectivity index (χ4n) is 6.51. The van der Waals surface area contributed by atoms with E-state index in [1.807, 2.05) is 102 Å². The number of rotatable bonds is 5. The molecule has 4 heterocycles. The van der Waals surface area contributed by atoms with Crippen molar-refractivity contribution >= 4 is 12.2 Å². The summed E-state index contributed by atoms with van der Waals surface area (Å²) in [5.74, 6) is -0.0640. The standard InChI is InChI=1S/C48H54N4O6/c1-45(2,3)29-25-31(41(53)33(27-29)39-21-15-23-51(39)43(55)57-47(7,8)9)35-17-13-19-37(49-35)38-20-14-18-36(50-38)32-26-30(46(4,5)6)28-34(42(32)54)40-22-16-24-52(40)44(56)58-48(10,11)12/h13-28,53-54H,1-12H3. The Bertz CT molecular complexity index is 2340. The van der Waals surface area contributed by atoms with Crippen LogP contribution in [0.15, 0.2) is 97.3 Å². The SMILES string of the molecule is CC(C)(C)OC(=O)n1cccc1-c1cc(C(C)(C)C)cc(-c2cccc(-c3cccc(-c4cc(C(C)(C)C)cc(-c5cccn5C(=O)OC(C)(C)C)c4O)n3)n2)c1O. The number of carbonyl (C=O) groups excluding carboxylic acids is 2. The molecule has 58 heavy (non-hydrogen) atoms. The molecule has 0 saturated heterocycles. The van der Waals surface area contributed by atoms with Crippen LogP contribution in [0.2, 0.25) is 0 Å². The molecule has 0 radical (unpaired) electrons. The van der Waals surface area contributed by atoms with Gasteiger partial charge in [-0.15, -0.1) is 0 Å². The molecule has 6 aromatic rings. The van der Waals surface area contributed by atoms with Gasteiger partial charge in [-0.25, -0.2) is 19.6 Å². The van der Waals surface area contributed by atoms with Gasteiger partial charge in [0.25, 0.3) is 0 Å². The van der Waals surface area contributed by atoms with Gasteiger partial charge in [-0.2, -0.15) is 0 Å². The van der Waals surface area contributed by atoms with E-state index in [0.717, 1.165) is 11.1 Å². The third kappa shape index (κ3) is 8.86. The van der Waals surface area contributed by atoms with E-state index in [1.165, 1.54) is 9.13 Å². The van der Waals surface area contributed by atoms with Gasteiger partial charge in [0.05, 0.1) is 34.2 Å². The van der Waals surface area contributed by atoms with Gasteiger partial charge in [0.15, 0.2) is 0 Å². The summed E-state index contributed by atoms with van der Waals surface area (Å²) < 4.78 is 14.2. The number of aromatic hydroxyl groups is 2. The van der Waals surface area contributed by atoms with E-state index in [9.17, 15) is 19.8 Å². The topological polar surface area (TPSA) is 129 Å². The lowest BCUT2D eigenvalue weighted by Crippen LogP contribution is -2.27. The van der Waals surface area contributed by atoms with E-state index < -0.39 is 23.4 Å². The first-order valence-electron chi connectivity index (χ1n) is 19.4. The lowest BCUT2D eigenvalue weighted by Gasteiger charge is -2.24. The first-order valence-corrected chi connectivity index (χ1v) is 19.4. The molecule has 0 unspecified atom stereocenters. The Labute approximate surface area is 341 Å². The second kappa shape index (κ2) is 15.0. The summed E-state index contributed by atoms with van der Waals surface area (Å²) in [5.41, 5.74) is 4.81. The molecule has 0 amide bonds. The van der Waals surface area contributed by atoms with Gasteiger partial charge >= 0.3 is 12.2 Å². The van der Waals surface area contributed by atoms with Crippen molar-refractivity contribution in [3.8, 4) is 67.9 Å². The molecule has 2 N–H and O–H groups in total. The van der Waals surface area contributed by atoms with Crippen LogP contribution in [0.25, 0.3) is 56.4 Å². The highest BCUT2D eigenvalue weighted by molar-refractivity contribution is 5.87. The maximum absolute atomic E-state index is 13.3. The molecule has 0 atom stereocenters. The second-order valence-electron chi connectivity index (χ2n) is 18.6. The molecular formula is C48H54N4O6. The van der Waals surface area contributed by atoms with E-state index in [-0.39, 0.29) is 22.3 Å². The molecule has 0 aliphatic rings. The predicted molar refractivity (Wildman–Crippen MR) is 229 cm³/mol. The molecule has 0 aliphatic carbocycles. The van der Waals surface area contributed by atoms with Gasteiger partial charge in [0, 0.05) is 34.6 Å². The van der Waals surface area contributed by atoms with E-state index in [0.29, 0.717) is 56.4 Å². The molecule has 0 bridgehead atoms. The quantitative estimate of drug-likeness (QED) is 0.177. The molecule has 2 aromatic carbocycles. The maximum Gasteiger partial charge on any atom is 0.418 e. The van der Waals surface area contributed by atoms with Crippen molar-refractivity contribution in [3.05, 3.63) is 108 Å². The van der Waals surface area contributed by atoms with Crippen molar-refractivity contribution in [2.24, 2.45) is 0 Å². The number of carbonyl (C=O) groups is 2. The van der Waals surface area contributed by atoms with Crippen molar-refractivity contribution < 1.29 is 29.3 Å². The average molecular weight is 783 g/mol. The lowest BCUT2D eigenvalue weighted by molar-refractivity contribution is 0.0528.